The second-order valence-electron chi connectivity index (χ2n) is 6.39. The van der Waals surface area contributed by atoms with E-state index < -0.39 is 6.10 Å². The zero-order chi connectivity index (χ0) is 17.9. The molecule has 26 heavy (non-hydrogen) atoms. The molecule has 1 aromatic carbocycles. The van der Waals surface area contributed by atoms with Gasteiger partial charge in [0, 0.05) is 30.4 Å². The first-order valence-corrected chi connectivity index (χ1v) is 8.58. The van der Waals surface area contributed by atoms with Gasteiger partial charge in [0.2, 0.25) is 5.91 Å². The van der Waals surface area contributed by atoms with Crippen LogP contribution < -0.4 is 0 Å². The first-order valence-electron chi connectivity index (χ1n) is 8.58. The summed E-state index contributed by atoms with van der Waals surface area (Å²) in [5, 5.41) is 6.59. The normalized spacial score (nSPS) is 24.0. The lowest BCUT2D eigenvalue weighted by molar-refractivity contribution is -0.159. The molecule has 3 heterocycles. The molecule has 1 aromatic heterocycles. The van der Waals surface area contributed by atoms with Gasteiger partial charge in [-0.05, 0) is 11.6 Å². The van der Waals surface area contributed by atoms with Gasteiger partial charge in [-0.15, -0.1) is 0 Å². The molecule has 0 bridgehead atoms. The Hall–Kier alpha value is -2.29. The Balaban J connectivity index is 1.36. The SMILES string of the molecule is O=C1COCCN1C[C@@H]1CO[C@@H](c2ccc(-c3cn[nH]c3)cc2F)CO1. The van der Waals surface area contributed by atoms with E-state index in [1.165, 1.54) is 6.07 Å². The van der Waals surface area contributed by atoms with Crippen molar-refractivity contribution in [3.05, 3.63) is 42.0 Å². The molecule has 2 aliphatic heterocycles. The standard InChI is InChI=1S/C18H20FN3O4/c19-16-5-12(13-6-20-21-7-13)1-2-15(16)17-10-25-14(9-26-17)8-22-3-4-24-11-18(22)23/h1-2,5-7,14,17H,3-4,8-11H2,(H,20,21)/t14-,17-/m1/s1. The van der Waals surface area contributed by atoms with E-state index in [1.807, 2.05) is 6.07 Å². The van der Waals surface area contributed by atoms with Crippen LogP contribution in [0.25, 0.3) is 11.1 Å². The van der Waals surface area contributed by atoms with Crippen molar-refractivity contribution in [3.63, 3.8) is 0 Å². The molecule has 0 unspecified atom stereocenters. The fraction of sp³-hybridized carbons (Fsp3) is 0.444. The third-order valence-corrected chi connectivity index (χ3v) is 4.65. The number of morpholine rings is 1. The van der Waals surface area contributed by atoms with Crippen molar-refractivity contribution in [1.82, 2.24) is 15.1 Å². The summed E-state index contributed by atoms with van der Waals surface area (Å²) in [6.45, 7) is 2.26. The summed E-state index contributed by atoms with van der Waals surface area (Å²) >= 11 is 0. The van der Waals surface area contributed by atoms with E-state index in [0.717, 1.165) is 11.1 Å². The fourth-order valence-electron chi connectivity index (χ4n) is 3.19. The van der Waals surface area contributed by atoms with Crippen molar-refractivity contribution in [2.24, 2.45) is 0 Å². The van der Waals surface area contributed by atoms with Crippen LogP contribution in [-0.4, -0.2) is 66.6 Å². The number of nitrogens with one attached hydrogen (secondary N) is 1. The van der Waals surface area contributed by atoms with Gasteiger partial charge in [0.05, 0.1) is 32.1 Å². The third kappa shape index (κ3) is 3.62. The molecule has 2 saturated heterocycles. The number of aromatic nitrogens is 2. The Morgan fingerprint density at radius 1 is 1.27 bits per heavy atom. The maximum atomic E-state index is 14.5. The van der Waals surface area contributed by atoms with Gasteiger partial charge in [-0.2, -0.15) is 5.10 Å². The number of hydrogen-bond donors (Lipinski definition) is 1. The lowest BCUT2D eigenvalue weighted by Gasteiger charge is -2.34. The number of hydrogen-bond acceptors (Lipinski definition) is 5. The Labute approximate surface area is 150 Å². The van der Waals surface area contributed by atoms with E-state index in [9.17, 15) is 9.18 Å². The summed E-state index contributed by atoms with van der Waals surface area (Å²) in [7, 11) is 0. The Bertz CT molecular complexity index is 760. The van der Waals surface area contributed by atoms with Crippen LogP contribution in [0.15, 0.2) is 30.6 Å². The van der Waals surface area contributed by atoms with Crippen LogP contribution in [0.1, 0.15) is 11.7 Å². The van der Waals surface area contributed by atoms with Crippen molar-refractivity contribution in [2.75, 3.05) is 39.5 Å². The molecule has 0 saturated carbocycles. The van der Waals surface area contributed by atoms with Crippen LogP contribution in [0.4, 0.5) is 4.39 Å². The monoisotopic (exact) mass is 361 g/mol. The van der Waals surface area contributed by atoms with Gasteiger partial charge < -0.3 is 19.1 Å². The Morgan fingerprint density at radius 2 is 2.19 bits per heavy atom. The van der Waals surface area contributed by atoms with Crippen molar-refractivity contribution in [1.29, 1.82) is 0 Å². The molecule has 1 amide bonds. The summed E-state index contributed by atoms with van der Waals surface area (Å²) in [6.07, 6.45) is 2.70. The number of ether oxygens (including phenoxy) is 3. The zero-order valence-corrected chi connectivity index (χ0v) is 14.2. The quantitative estimate of drug-likeness (QED) is 0.894. The molecule has 1 N–H and O–H groups in total. The Morgan fingerprint density at radius 3 is 2.88 bits per heavy atom. The molecule has 4 rings (SSSR count). The topological polar surface area (TPSA) is 76.7 Å². The maximum Gasteiger partial charge on any atom is 0.248 e. The molecular weight excluding hydrogens is 341 g/mol. The largest absolute Gasteiger partial charge is 0.371 e. The highest BCUT2D eigenvalue weighted by Gasteiger charge is 2.29. The van der Waals surface area contributed by atoms with Gasteiger partial charge in [0.1, 0.15) is 18.5 Å². The average molecular weight is 361 g/mol. The number of rotatable bonds is 4. The maximum absolute atomic E-state index is 14.5. The van der Waals surface area contributed by atoms with Gasteiger partial charge >= 0.3 is 0 Å². The van der Waals surface area contributed by atoms with Crippen molar-refractivity contribution < 1.29 is 23.4 Å². The van der Waals surface area contributed by atoms with E-state index in [0.29, 0.717) is 31.9 Å². The number of aromatic amines is 1. The lowest BCUT2D eigenvalue weighted by Crippen LogP contribution is -2.48. The van der Waals surface area contributed by atoms with Crippen LogP contribution in [-0.2, 0) is 19.0 Å². The smallest absolute Gasteiger partial charge is 0.248 e. The van der Waals surface area contributed by atoms with E-state index in [4.69, 9.17) is 14.2 Å². The Kier molecular flexibility index (Phi) is 4.96. The summed E-state index contributed by atoms with van der Waals surface area (Å²) in [4.78, 5) is 13.5. The summed E-state index contributed by atoms with van der Waals surface area (Å²) in [6, 6.07) is 5.03. The minimum Gasteiger partial charge on any atom is -0.371 e. The third-order valence-electron chi connectivity index (χ3n) is 4.65. The molecule has 8 heteroatoms. The van der Waals surface area contributed by atoms with Crippen LogP contribution in [0.5, 0.6) is 0 Å². The second kappa shape index (κ2) is 7.53. The van der Waals surface area contributed by atoms with E-state index >= 15 is 0 Å². The highest BCUT2D eigenvalue weighted by atomic mass is 19.1. The molecule has 0 aliphatic carbocycles. The summed E-state index contributed by atoms with van der Waals surface area (Å²) in [5.41, 5.74) is 2.05. The van der Waals surface area contributed by atoms with Gasteiger partial charge in [0.15, 0.2) is 0 Å². The predicted molar refractivity (Wildman–Crippen MR) is 89.8 cm³/mol. The number of amides is 1. The highest BCUT2D eigenvalue weighted by molar-refractivity contribution is 5.78. The molecule has 0 spiro atoms. The van der Waals surface area contributed by atoms with E-state index in [2.05, 4.69) is 10.2 Å². The van der Waals surface area contributed by atoms with Crippen LogP contribution in [0, 0.1) is 5.82 Å². The van der Waals surface area contributed by atoms with Crippen molar-refractivity contribution >= 4 is 5.91 Å². The average Bonchev–Trinajstić information content (AvgIpc) is 3.19. The number of H-pyrrole nitrogens is 1. The fourth-order valence-corrected chi connectivity index (χ4v) is 3.19. The second-order valence-corrected chi connectivity index (χ2v) is 6.39. The molecule has 2 fully saturated rings. The predicted octanol–water partition coefficient (Wildman–Crippen LogP) is 1.53. The number of carbonyl (C=O) groups is 1. The van der Waals surface area contributed by atoms with Gasteiger partial charge in [-0.3, -0.25) is 9.89 Å². The van der Waals surface area contributed by atoms with Crippen molar-refractivity contribution in [3.8, 4) is 11.1 Å². The van der Waals surface area contributed by atoms with Crippen LogP contribution in [0.2, 0.25) is 0 Å². The molecule has 2 aliphatic rings. The van der Waals surface area contributed by atoms with E-state index in [1.54, 1.807) is 23.4 Å². The van der Waals surface area contributed by atoms with Gasteiger partial charge in [-0.25, -0.2) is 4.39 Å². The molecular formula is C18H20FN3O4. The van der Waals surface area contributed by atoms with Gasteiger partial charge in [0.25, 0.3) is 0 Å². The lowest BCUT2D eigenvalue weighted by atomic mass is 10.0. The van der Waals surface area contributed by atoms with Crippen molar-refractivity contribution in [2.45, 2.75) is 12.2 Å². The first-order chi connectivity index (χ1) is 12.7. The molecule has 2 atom stereocenters. The molecule has 0 radical (unpaired) electrons. The minimum absolute atomic E-state index is 0.0390. The number of carbonyl (C=O) groups excluding carboxylic acids is 1. The summed E-state index contributed by atoms with van der Waals surface area (Å²) < 4.78 is 31.3. The molecule has 7 nitrogen and oxygen atoms in total. The summed E-state index contributed by atoms with van der Waals surface area (Å²) in [5.74, 6) is -0.373. The highest BCUT2D eigenvalue weighted by Crippen LogP contribution is 2.29. The number of nitrogens with zero attached hydrogens (tertiary/aromatic N) is 2. The number of halogens is 1. The first kappa shape index (κ1) is 17.1. The van der Waals surface area contributed by atoms with Crippen LogP contribution >= 0.6 is 0 Å². The van der Waals surface area contributed by atoms with E-state index in [-0.39, 0.29) is 31.0 Å². The zero-order valence-electron chi connectivity index (χ0n) is 14.2. The molecule has 2 aromatic rings. The minimum atomic E-state index is -0.454. The van der Waals surface area contributed by atoms with Crippen LogP contribution in [0.3, 0.4) is 0 Å². The van der Waals surface area contributed by atoms with Gasteiger partial charge in [-0.1, -0.05) is 12.1 Å². The number of benzene rings is 1. The molecule has 138 valence electrons.